The van der Waals surface area contributed by atoms with Crippen molar-refractivity contribution < 1.29 is 0 Å². The molecule has 2 heterocycles. The highest BCUT2D eigenvalue weighted by Crippen LogP contribution is 2.47. The van der Waals surface area contributed by atoms with E-state index in [1.165, 1.54) is 64.7 Å². The zero-order valence-corrected chi connectivity index (χ0v) is 15.6. The van der Waals surface area contributed by atoms with Gasteiger partial charge in [-0.05, 0) is 127 Å². The van der Waals surface area contributed by atoms with Gasteiger partial charge in [-0.15, -0.1) is 22.7 Å². The van der Waals surface area contributed by atoms with Gasteiger partial charge in [-0.3, -0.25) is 0 Å². The third-order valence-corrected chi connectivity index (χ3v) is 7.79. The predicted octanol–water partition coefficient (Wildman–Crippen LogP) is 7.26. The topological polar surface area (TPSA) is 0 Å². The van der Waals surface area contributed by atoms with Crippen LogP contribution in [0.4, 0.5) is 0 Å². The summed E-state index contributed by atoms with van der Waals surface area (Å²) in [5.74, 6) is 0. The van der Waals surface area contributed by atoms with Crippen LogP contribution >= 0.6 is 22.7 Å². The number of thiophene rings is 2. The molecule has 0 unspecified atom stereocenters. The largest absolute Gasteiger partial charge is 0.144 e. The second-order valence-electron chi connectivity index (χ2n) is 7.46. The zero-order valence-electron chi connectivity index (χ0n) is 14.0. The van der Waals surface area contributed by atoms with E-state index in [4.69, 9.17) is 0 Å². The summed E-state index contributed by atoms with van der Waals surface area (Å²) in [7, 11) is 0. The lowest BCUT2D eigenvalue weighted by Gasteiger charge is -2.07. The van der Waals surface area contributed by atoms with Gasteiger partial charge in [-0.1, -0.05) is 0 Å². The fourth-order valence-electron chi connectivity index (χ4n) is 4.80. The number of hydrogen-bond donors (Lipinski definition) is 0. The van der Waals surface area contributed by atoms with Crippen LogP contribution in [0.25, 0.3) is 42.4 Å². The molecule has 2 aliphatic rings. The van der Waals surface area contributed by atoms with E-state index >= 15 is 0 Å². The summed E-state index contributed by atoms with van der Waals surface area (Å²) in [5, 5.41) is 7.18. The van der Waals surface area contributed by atoms with Crippen molar-refractivity contribution in [2.75, 3.05) is 0 Å². The minimum atomic E-state index is 1.07. The van der Waals surface area contributed by atoms with E-state index in [0.717, 1.165) is 12.8 Å². The molecule has 0 bridgehead atoms. The maximum Gasteiger partial charge on any atom is 0.0349 e. The highest BCUT2D eigenvalue weighted by atomic mass is 32.1. The van der Waals surface area contributed by atoms with Crippen LogP contribution < -0.4 is 0 Å². The molecule has 0 atom stereocenters. The first-order valence-corrected chi connectivity index (χ1v) is 10.8. The van der Waals surface area contributed by atoms with Crippen molar-refractivity contribution in [1.29, 1.82) is 0 Å². The van der Waals surface area contributed by atoms with Gasteiger partial charge < -0.3 is 0 Å². The number of hydrogen-bond acceptors (Lipinski definition) is 2. The SMILES string of the molecule is c1cc2cc3c(cc2s1)-c1cc2c(cc1C3)-c1cc3sccc3cc1C2. The standard InChI is InChI=1S/C24H14S2/c1-3-25-23-11-21-15(5-13(1)23)7-17-9-20-18(10-19(17)21)8-16-6-14-2-4-26-24(14)12-22(16)20/h1-6,9-12H,7-8H2. The number of rotatable bonds is 0. The van der Waals surface area contributed by atoms with Gasteiger partial charge in [-0.2, -0.15) is 0 Å². The first-order valence-electron chi connectivity index (χ1n) is 9.00. The van der Waals surface area contributed by atoms with Gasteiger partial charge in [0.25, 0.3) is 0 Å². The van der Waals surface area contributed by atoms with Crippen molar-refractivity contribution in [3.05, 3.63) is 81.5 Å². The van der Waals surface area contributed by atoms with Crippen molar-refractivity contribution in [3.63, 3.8) is 0 Å². The fourth-order valence-corrected chi connectivity index (χ4v) is 6.42. The van der Waals surface area contributed by atoms with Crippen molar-refractivity contribution in [3.8, 4) is 22.3 Å². The molecule has 0 N–H and O–H groups in total. The van der Waals surface area contributed by atoms with Crippen LogP contribution in [0.15, 0.2) is 59.3 Å². The normalized spacial score (nSPS) is 13.8. The Morgan fingerprint density at radius 2 is 0.923 bits per heavy atom. The Morgan fingerprint density at radius 3 is 1.42 bits per heavy atom. The Balaban J connectivity index is 1.46. The van der Waals surface area contributed by atoms with Gasteiger partial charge in [0.1, 0.15) is 0 Å². The van der Waals surface area contributed by atoms with E-state index in [1.807, 2.05) is 22.7 Å². The van der Waals surface area contributed by atoms with E-state index < -0.39 is 0 Å². The molecule has 5 aromatic rings. The molecule has 2 aromatic heterocycles. The van der Waals surface area contributed by atoms with Gasteiger partial charge in [0.05, 0.1) is 0 Å². The highest BCUT2D eigenvalue weighted by molar-refractivity contribution is 7.17. The first kappa shape index (κ1) is 13.7. The molecule has 2 aliphatic carbocycles. The molecule has 0 saturated carbocycles. The zero-order chi connectivity index (χ0) is 16.8. The monoisotopic (exact) mass is 366 g/mol. The summed E-state index contributed by atoms with van der Waals surface area (Å²) in [6.07, 6.45) is 2.14. The van der Waals surface area contributed by atoms with Crippen LogP contribution in [0.3, 0.4) is 0 Å². The molecule has 0 aliphatic heterocycles. The minimum absolute atomic E-state index is 1.07. The van der Waals surface area contributed by atoms with E-state index in [-0.39, 0.29) is 0 Å². The third kappa shape index (κ3) is 1.69. The smallest absolute Gasteiger partial charge is 0.0349 e. The number of fused-ring (bicyclic) bond motifs is 8. The second kappa shape index (κ2) is 4.64. The van der Waals surface area contributed by atoms with Crippen molar-refractivity contribution in [2.24, 2.45) is 0 Å². The van der Waals surface area contributed by atoms with Crippen LogP contribution in [-0.4, -0.2) is 0 Å². The molecule has 0 nitrogen and oxygen atoms in total. The van der Waals surface area contributed by atoms with E-state index in [9.17, 15) is 0 Å². The lowest BCUT2D eigenvalue weighted by atomic mass is 9.98. The molecule has 122 valence electrons. The molecule has 0 saturated heterocycles. The molecule has 26 heavy (non-hydrogen) atoms. The molecule has 0 amide bonds. The molecule has 0 fully saturated rings. The molecule has 0 radical (unpaired) electrons. The summed E-state index contributed by atoms with van der Waals surface area (Å²) in [5.41, 5.74) is 11.8. The van der Waals surface area contributed by atoms with Crippen LogP contribution in [0, 0.1) is 0 Å². The maximum absolute atomic E-state index is 2.48. The summed E-state index contributed by atoms with van der Waals surface area (Å²) in [6, 6.07) is 19.0. The Bertz CT molecular complexity index is 1270. The molecule has 0 spiro atoms. The quantitative estimate of drug-likeness (QED) is 0.265. The fraction of sp³-hybridized carbons (Fsp3) is 0.0833. The van der Waals surface area contributed by atoms with Crippen LogP contribution in [0.5, 0.6) is 0 Å². The van der Waals surface area contributed by atoms with E-state index in [1.54, 1.807) is 0 Å². The van der Waals surface area contributed by atoms with Crippen molar-refractivity contribution in [1.82, 2.24) is 0 Å². The minimum Gasteiger partial charge on any atom is -0.144 e. The van der Waals surface area contributed by atoms with Gasteiger partial charge in [0.2, 0.25) is 0 Å². The van der Waals surface area contributed by atoms with Crippen molar-refractivity contribution >= 4 is 42.8 Å². The summed E-state index contributed by atoms with van der Waals surface area (Å²) in [4.78, 5) is 0. The Labute approximate surface area is 159 Å². The molecule has 3 aromatic carbocycles. The highest BCUT2D eigenvalue weighted by Gasteiger charge is 2.26. The molecule has 2 heteroatoms. The second-order valence-corrected chi connectivity index (χ2v) is 9.35. The molecular formula is C24H14S2. The van der Waals surface area contributed by atoms with E-state index in [0.29, 0.717) is 0 Å². The predicted molar refractivity (Wildman–Crippen MR) is 114 cm³/mol. The first-order chi connectivity index (χ1) is 12.8. The van der Waals surface area contributed by atoms with Crippen LogP contribution in [-0.2, 0) is 12.8 Å². The lowest BCUT2D eigenvalue weighted by molar-refractivity contribution is 1.24. The Morgan fingerprint density at radius 1 is 0.500 bits per heavy atom. The average Bonchev–Trinajstić information content (AvgIpc) is 3.40. The lowest BCUT2D eigenvalue weighted by Crippen LogP contribution is -1.85. The van der Waals surface area contributed by atoms with Gasteiger partial charge >= 0.3 is 0 Å². The van der Waals surface area contributed by atoms with Crippen LogP contribution in [0.2, 0.25) is 0 Å². The molecule has 7 rings (SSSR count). The average molecular weight is 367 g/mol. The summed E-state index contributed by atoms with van der Waals surface area (Å²) in [6.45, 7) is 0. The van der Waals surface area contributed by atoms with Gasteiger partial charge in [-0.25, -0.2) is 0 Å². The Hall–Kier alpha value is -2.42. The summed E-state index contributed by atoms with van der Waals surface area (Å²) >= 11 is 3.69. The third-order valence-electron chi connectivity index (χ3n) is 6.03. The maximum atomic E-state index is 2.48. The van der Waals surface area contributed by atoms with Gasteiger partial charge in [0.15, 0.2) is 0 Å². The van der Waals surface area contributed by atoms with Crippen LogP contribution in [0.1, 0.15) is 22.3 Å². The Kier molecular flexibility index (Phi) is 2.45. The van der Waals surface area contributed by atoms with E-state index in [2.05, 4.69) is 59.3 Å². The summed E-state index contributed by atoms with van der Waals surface area (Å²) < 4.78 is 2.81. The van der Waals surface area contributed by atoms with Gasteiger partial charge in [0, 0.05) is 9.40 Å². The number of benzene rings is 3. The van der Waals surface area contributed by atoms with Crippen molar-refractivity contribution in [2.45, 2.75) is 12.8 Å². The molecular weight excluding hydrogens is 352 g/mol.